The van der Waals surface area contributed by atoms with Crippen LogP contribution < -0.4 is 0 Å². The first-order valence-electron chi connectivity index (χ1n) is 3.30. The van der Waals surface area contributed by atoms with Crippen molar-refractivity contribution >= 4 is 7.82 Å². The lowest BCUT2D eigenvalue weighted by Gasteiger charge is -2.06. The molecule has 0 radical (unpaired) electrons. The van der Waals surface area contributed by atoms with Crippen LogP contribution in [0.3, 0.4) is 0 Å². The molecule has 2 atom stereocenters. The highest BCUT2D eigenvalue weighted by Crippen LogP contribution is 2.54. The lowest BCUT2D eigenvalue weighted by Crippen LogP contribution is -2.10. The van der Waals surface area contributed by atoms with Crippen LogP contribution in [0.1, 0.15) is 6.42 Å². The molecule has 0 aliphatic carbocycles. The van der Waals surface area contributed by atoms with Gasteiger partial charge in [0.2, 0.25) is 0 Å². The summed E-state index contributed by atoms with van der Waals surface area (Å²) >= 11 is 0. The Bertz CT molecular complexity index is 170. The average Bonchev–Trinajstić information content (AvgIpc) is 2.35. The third-order valence-electron chi connectivity index (χ3n) is 1.37. The molecule has 1 rings (SSSR count). The lowest BCUT2D eigenvalue weighted by molar-refractivity contribution is 0.161. The quantitative estimate of drug-likeness (QED) is 0.645. The molecule has 1 unspecified atom stereocenters. The predicted molar refractivity (Wildman–Crippen MR) is 37.1 cm³/mol. The molecule has 0 bridgehead atoms. The van der Waals surface area contributed by atoms with E-state index in [4.69, 9.17) is 14.2 Å². The lowest BCUT2D eigenvalue weighted by atomic mass is 10.3. The molecule has 0 spiro atoms. The van der Waals surface area contributed by atoms with Gasteiger partial charge in [-0.2, -0.15) is 0 Å². The monoisotopic (exact) mass is 182 g/mol. The van der Waals surface area contributed by atoms with E-state index in [1.807, 2.05) is 0 Å². The Morgan fingerprint density at radius 3 is 3.00 bits per heavy atom. The summed E-state index contributed by atoms with van der Waals surface area (Å²) in [6.07, 6.45) is 0.124. The molecule has 66 valence electrons. The number of rotatable bonds is 3. The highest BCUT2D eigenvalue weighted by atomic mass is 31.2. The third kappa shape index (κ3) is 2.25. The summed E-state index contributed by atoms with van der Waals surface area (Å²) < 4.78 is 25.3. The number of phosphoric acid groups is 1. The summed E-state index contributed by atoms with van der Waals surface area (Å²) in [7, 11) is -1.98. The van der Waals surface area contributed by atoms with Gasteiger partial charge in [0.15, 0.2) is 0 Å². The fraction of sp³-hybridized carbons (Fsp3) is 1.00. The van der Waals surface area contributed by atoms with Gasteiger partial charge in [-0.05, 0) is 6.42 Å². The molecular formula is C5H11O5P. The van der Waals surface area contributed by atoms with Crippen molar-refractivity contribution in [2.75, 3.05) is 20.3 Å². The average molecular weight is 182 g/mol. The number of aliphatic hydroxyl groups excluding tert-OH is 1. The van der Waals surface area contributed by atoms with Crippen LogP contribution in [0.4, 0.5) is 0 Å². The summed E-state index contributed by atoms with van der Waals surface area (Å²) in [5, 5.41) is 8.50. The molecule has 0 aromatic heterocycles. The number of aliphatic hydroxyl groups is 1. The molecule has 11 heavy (non-hydrogen) atoms. The fourth-order valence-electron chi connectivity index (χ4n) is 0.794. The van der Waals surface area contributed by atoms with Crippen molar-refractivity contribution in [3.05, 3.63) is 0 Å². The van der Waals surface area contributed by atoms with Gasteiger partial charge in [0.25, 0.3) is 0 Å². The Labute approximate surface area is 64.9 Å². The molecule has 6 heteroatoms. The Kier molecular flexibility index (Phi) is 3.04. The molecule has 0 amide bonds. The van der Waals surface area contributed by atoms with Crippen molar-refractivity contribution in [3.63, 3.8) is 0 Å². The third-order valence-corrected chi connectivity index (χ3v) is 2.84. The van der Waals surface area contributed by atoms with Crippen molar-refractivity contribution < 1.29 is 23.2 Å². The fourth-order valence-corrected chi connectivity index (χ4v) is 1.93. The van der Waals surface area contributed by atoms with Crippen molar-refractivity contribution in [2.45, 2.75) is 12.5 Å². The predicted octanol–water partition coefficient (Wildman–Crippen LogP) is 0.539. The van der Waals surface area contributed by atoms with Crippen molar-refractivity contribution in [3.8, 4) is 0 Å². The summed E-state index contributed by atoms with van der Waals surface area (Å²) in [4.78, 5) is 0. The summed E-state index contributed by atoms with van der Waals surface area (Å²) in [5.41, 5.74) is 0. The van der Waals surface area contributed by atoms with Crippen LogP contribution in [0.25, 0.3) is 0 Å². The molecule has 5 nitrogen and oxygen atoms in total. The maximum absolute atomic E-state index is 11.1. The topological polar surface area (TPSA) is 65.0 Å². The standard InChI is InChI=1S/C5H11O5P/c1-8-11(7)9-4-5(10-11)2-3-6/h5-6H,2-4H2,1H3/t5-,11?/m1/s1. The van der Waals surface area contributed by atoms with Gasteiger partial charge in [0.1, 0.15) is 0 Å². The Morgan fingerprint density at radius 1 is 1.82 bits per heavy atom. The highest BCUT2D eigenvalue weighted by molar-refractivity contribution is 7.48. The number of hydrogen-bond acceptors (Lipinski definition) is 5. The van der Waals surface area contributed by atoms with E-state index in [1.165, 1.54) is 7.11 Å². The second-order valence-corrected chi connectivity index (χ2v) is 3.89. The smallest absolute Gasteiger partial charge is 0.396 e. The van der Waals surface area contributed by atoms with Crippen molar-refractivity contribution in [1.29, 1.82) is 0 Å². The van der Waals surface area contributed by atoms with E-state index < -0.39 is 7.82 Å². The number of hydrogen-bond donors (Lipinski definition) is 1. The van der Waals surface area contributed by atoms with Gasteiger partial charge in [-0.1, -0.05) is 0 Å². The van der Waals surface area contributed by atoms with Gasteiger partial charge < -0.3 is 5.11 Å². The zero-order valence-corrected chi connectivity index (χ0v) is 7.12. The van der Waals surface area contributed by atoms with Gasteiger partial charge in [-0.15, -0.1) is 0 Å². The Balaban J connectivity index is 2.40. The molecule has 1 aliphatic rings. The largest absolute Gasteiger partial charge is 0.474 e. The minimum Gasteiger partial charge on any atom is -0.396 e. The van der Waals surface area contributed by atoms with Crippen molar-refractivity contribution in [2.24, 2.45) is 0 Å². The maximum atomic E-state index is 11.1. The molecule has 1 fully saturated rings. The van der Waals surface area contributed by atoms with Crippen LogP contribution >= 0.6 is 7.82 Å². The van der Waals surface area contributed by atoms with E-state index in [9.17, 15) is 4.57 Å². The zero-order valence-electron chi connectivity index (χ0n) is 6.23. The van der Waals surface area contributed by atoms with Crippen LogP contribution in [0.2, 0.25) is 0 Å². The summed E-state index contributed by atoms with van der Waals surface area (Å²) in [6, 6.07) is 0. The molecule has 0 saturated carbocycles. The maximum Gasteiger partial charge on any atom is 0.474 e. The van der Waals surface area contributed by atoms with Gasteiger partial charge in [-0.3, -0.25) is 13.6 Å². The van der Waals surface area contributed by atoms with E-state index in [0.717, 1.165) is 0 Å². The first-order valence-corrected chi connectivity index (χ1v) is 4.76. The molecule has 1 aliphatic heterocycles. The van der Waals surface area contributed by atoms with Crippen LogP contribution in [-0.2, 0) is 18.1 Å². The van der Waals surface area contributed by atoms with Gasteiger partial charge >= 0.3 is 7.82 Å². The molecule has 0 aromatic rings. The normalized spacial score (nSPS) is 37.8. The Morgan fingerprint density at radius 2 is 2.55 bits per heavy atom. The minimum atomic E-state index is -3.25. The van der Waals surface area contributed by atoms with E-state index in [0.29, 0.717) is 6.42 Å². The minimum absolute atomic E-state index is 0.00224. The number of phosphoric ester groups is 1. The van der Waals surface area contributed by atoms with Crippen LogP contribution in [0, 0.1) is 0 Å². The van der Waals surface area contributed by atoms with Gasteiger partial charge in [-0.25, -0.2) is 4.57 Å². The first kappa shape index (κ1) is 9.16. The Hall–Kier alpha value is 0.0700. The second kappa shape index (κ2) is 3.65. The van der Waals surface area contributed by atoms with E-state index in [-0.39, 0.29) is 19.3 Å². The van der Waals surface area contributed by atoms with Crippen molar-refractivity contribution in [1.82, 2.24) is 0 Å². The molecule has 1 saturated heterocycles. The summed E-state index contributed by atoms with van der Waals surface area (Å²) in [6.45, 7) is 0.226. The molecule has 1 heterocycles. The van der Waals surface area contributed by atoms with Crippen LogP contribution in [-0.4, -0.2) is 31.5 Å². The van der Waals surface area contributed by atoms with Gasteiger partial charge in [0.05, 0.1) is 12.7 Å². The highest BCUT2D eigenvalue weighted by Gasteiger charge is 2.36. The van der Waals surface area contributed by atoms with Crippen LogP contribution in [0.5, 0.6) is 0 Å². The molecule has 1 N–H and O–H groups in total. The van der Waals surface area contributed by atoms with E-state index in [1.54, 1.807) is 0 Å². The molecule has 0 aromatic carbocycles. The molecular weight excluding hydrogens is 171 g/mol. The zero-order chi connectivity index (χ0) is 8.32. The van der Waals surface area contributed by atoms with Crippen LogP contribution in [0.15, 0.2) is 0 Å². The van der Waals surface area contributed by atoms with E-state index in [2.05, 4.69) is 4.52 Å². The van der Waals surface area contributed by atoms with Gasteiger partial charge in [0, 0.05) is 13.7 Å². The SMILES string of the molecule is COP1(=O)OC[C@@H](CCO)O1. The van der Waals surface area contributed by atoms with E-state index >= 15 is 0 Å². The summed E-state index contributed by atoms with van der Waals surface area (Å²) in [5.74, 6) is 0. The second-order valence-electron chi connectivity index (χ2n) is 2.17. The first-order chi connectivity index (χ1) is 5.20.